The van der Waals surface area contributed by atoms with Crippen LogP contribution in [0.25, 0.3) is 0 Å². The van der Waals surface area contributed by atoms with Gasteiger partial charge in [0.1, 0.15) is 0 Å². The maximum atomic E-state index is 13.1. The maximum Gasteiger partial charge on any atom is 0.238 e. The molecule has 3 aromatic carbocycles. The Bertz CT molecular complexity index is 1260. The van der Waals surface area contributed by atoms with E-state index in [4.69, 9.17) is 23.2 Å². The molecule has 6 nitrogen and oxygen atoms in total. The third kappa shape index (κ3) is 7.29. The Morgan fingerprint density at radius 1 is 0.914 bits per heavy atom. The number of amides is 1. The SMILES string of the molecule is O=C(CN(Cc1ccccc1)C1CS(=O)(=O)CC1NCc1ccccc1)Nc1cc(Cl)ccc1Cl. The fourth-order valence-corrected chi connectivity index (χ4v) is 6.63. The number of carbonyl (C=O) groups excluding carboxylic acids is 1. The lowest BCUT2D eigenvalue weighted by atomic mass is 10.1. The normalized spacial score (nSPS) is 19.1. The van der Waals surface area contributed by atoms with E-state index in [0.29, 0.717) is 28.8 Å². The highest BCUT2D eigenvalue weighted by atomic mass is 35.5. The molecule has 2 atom stereocenters. The van der Waals surface area contributed by atoms with Crippen molar-refractivity contribution in [2.24, 2.45) is 0 Å². The molecule has 0 saturated carbocycles. The second-order valence-electron chi connectivity index (χ2n) is 8.68. The first-order valence-electron chi connectivity index (χ1n) is 11.3. The van der Waals surface area contributed by atoms with E-state index in [2.05, 4.69) is 10.6 Å². The summed E-state index contributed by atoms with van der Waals surface area (Å²) in [6, 6.07) is 23.7. The van der Waals surface area contributed by atoms with Crippen molar-refractivity contribution in [2.45, 2.75) is 25.2 Å². The van der Waals surface area contributed by atoms with Gasteiger partial charge < -0.3 is 10.6 Å². The molecule has 9 heteroatoms. The summed E-state index contributed by atoms with van der Waals surface area (Å²) in [6.45, 7) is 0.976. The van der Waals surface area contributed by atoms with Crippen molar-refractivity contribution >= 4 is 44.6 Å². The first-order valence-corrected chi connectivity index (χ1v) is 13.9. The minimum absolute atomic E-state index is 0.00143. The highest BCUT2D eigenvalue weighted by molar-refractivity contribution is 7.91. The van der Waals surface area contributed by atoms with Crippen molar-refractivity contribution in [3.8, 4) is 0 Å². The Morgan fingerprint density at radius 2 is 1.57 bits per heavy atom. The van der Waals surface area contributed by atoms with Crippen molar-refractivity contribution in [1.82, 2.24) is 10.2 Å². The molecule has 35 heavy (non-hydrogen) atoms. The number of benzene rings is 3. The zero-order valence-corrected chi connectivity index (χ0v) is 21.4. The monoisotopic (exact) mass is 531 g/mol. The second-order valence-corrected chi connectivity index (χ2v) is 11.7. The molecule has 1 aliphatic rings. The van der Waals surface area contributed by atoms with Crippen molar-refractivity contribution in [3.63, 3.8) is 0 Å². The number of sulfone groups is 1. The van der Waals surface area contributed by atoms with Gasteiger partial charge in [-0.05, 0) is 29.3 Å². The molecule has 1 heterocycles. The van der Waals surface area contributed by atoms with Crippen LogP contribution in [0.4, 0.5) is 5.69 Å². The molecule has 1 fully saturated rings. The van der Waals surface area contributed by atoms with E-state index in [1.54, 1.807) is 18.2 Å². The molecule has 3 aromatic rings. The standard InChI is InChI=1S/C26H27Cl2N3O3S/c27-21-11-12-22(28)23(13-21)30-26(32)16-31(15-20-9-5-2-6-10-20)25-18-35(33,34)17-24(25)29-14-19-7-3-1-4-8-19/h1-13,24-25,29H,14-18H2,(H,30,32). The molecule has 4 rings (SSSR count). The fraction of sp³-hybridized carbons (Fsp3) is 0.269. The third-order valence-electron chi connectivity index (χ3n) is 5.98. The van der Waals surface area contributed by atoms with E-state index in [9.17, 15) is 13.2 Å². The van der Waals surface area contributed by atoms with Crippen LogP contribution in [0.1, 0.15) is 11.1 Å². The summed E-state index contributed by atoms with van der Waals surface area (Å²) in [4.78, 5) is 15.0. The van der Waals surface area contributed by atoms with Gasteiger partial charge in [-0.3, -0.25) is 9.69 Å². The lowest BCUT2D eigenvalue weighted by molar-refractivity contribution is -0.118. The maximum absolute atomic E-state index is 13.1. The number of halogens is 2. The molecule has 0 aliphatic carbocycles. The topological polar surface area (TPSA) is 78.5 Å². The van der Waals surface area contributed by atoms with Crippen LogP contribution in [0.5, 0.6) is 0 Å². The van der Waals surface area contributed by atoms with Gasteiger partial charge in [0.25, 0.3) is 0 Å². The largest absolute Gasteiger partial charge is 0.324 e. The highest BCUT2D eigenvalue weighted by Crippen LogP contribution is 2.26. The number of hydrogen-bond donors (Lipinski definition) is 2. The Morgan fingerprint density at radius 3 is 2.26 bits per heavy atom. The van der Waals surface area contributed by atoms with Crippen LogP contribution in [0, 0.1) is 0 Å². The zero-order valence-electron chi connectivity index (χ0n) is 19.0. The predicted octanol–water partition coefficient (Wildman–Crippen LogP) is 4.39. The number of anilines is 1. The first kappa shape index (κ1) is 25.7. The number of nitrogens with zero attached hydrogens (tertiary/aromatic N) is 1. The summed E-state index contributed by atoms with van der Waals surface area (Å²) in [5, 5.41) is 7.07. The number of nitrogens with one attached hydrogen (secondary N) is 2. The van der Waals surface area contributed by atoms with Gasteiger partial charge in [-0.1, -0.05) is 83.9 Å². The summed E-state index contributed by atoms with van der Waals surface area (Å²) >= 11 is 12.3. The molecule has 0 spiro atoms. The molecule has 1 saturated heterocycles. The van der Waals surface area contributed by atoms with Crippen LogP contribution < -0.4 is 10.6 Å². The second kappa shape index (κ2) is 11.5. The summed E-state index contributed by atoms with van der Waals surface area (Å²) in [5.41, 5.74) is 2.48. The van der Waals surface area contributed by atoms with E-state index in [-0.39, 0.29) is 36.0 Å². The molecule has 0 bridgehead atoms. The van der Waals surface area contributed by atoms with Gasteiger partial charge >= 0.3 is 0 Å². The Balaban J connectivity index is 1.55. The van der Waals surface area contributed by atoms with Crippen molar-refractivity contribution in [2.75, 3.05) is 23.4 Å². The van der Waals surface area contributed by atoms with Crippen LogP contribution in [-0.4, -0.2) is 49.4 Å². The molecular weight excluding hydrogens is 505 g/mol. The van der Waals surface area contributed by atoms with Crippen LogP contribution >= 0.6 is 23.2 Å². The smallest absolute Gasteiger partial charge is 0.238 e. The minimum Gasteiger partial charge on any atom is -0.324 e. The summed E-state index contributed by atoms with van der Waals surface area (Å²) in [7, 11) is -3.27. The van der Waals surface area contributed by atoms with Gasteiger partial charge in [0, 0.05) is 30.2 Å². The van der Waals surface area contributed by atoms with Crippen molar-refractivity contribution in [1.29, 1.82) is 0 Å². The zero-order chi connectivity index (χ0) is 24.8. The van der Waals surface area contributed by atoms with E-state index in [1.165, 1.54) is 0 Å². The minimum atomic E-state index is -3.27. The van der Waals surface area contributed by atoms with Gasteiger partial charge in [-0.2, -0.15) is 0 Å². The van der Waals surface area contributed by atoms with Gasteiger partial charge in [-0.15, -0.1) is 0 Å². The van der Waals surface area contributed by atoms with Gasteiger partial charge in [0.05, 0.1) is 28.8 Å². The Kier molecular flexibility index (Phi) is 8.46. The Labute approximate surface area is 216 Å². The van der Waals surface area contributed by atoms with E-state index >= 15 is 0 Å². The van der Waals surface area contributed by atoms with Crippen molar-refractivity contribution < 1.29 is 13.2 Å². The first-order chi connectivity index (χ1) is 16.8. The number of hydrogen-bond acceptors (Lipinski definition) is 5. The van der Waals surface area contributed by atoms with Gasteiger partial charge in [-0.25, -0.2) is 8.42 Å². The lowest BCUT2D eigenvalue weighted by Gasteiger charge is -2.32. The lowest BCUT2D eigenvalue weighted by Crippen LogP contribution is -2.51. The summed E-state index contributed by atoms with van der Waals surface area (Å²) in [6.07, 6.45) is 0. The third-order valence-corrected chi connectivity index (χ3v) is 8.26. The molecule has 1 aliphatic heterocycles. The van der Waals surface area contributed by atoms with Gasteiger partial charge in [0.2, 0.25) is 5.91 Å². The molecule has 0 radical (unpaired) electrons. The molecular formula is C26H27Cl2N3O3S. The van der Waals surface area contributed by atoms with E-state index in [1.807, 2.05) is 65.6 Å². The average molecular weight is 532 g/mol. The van der Waals surface area contributed by atoms with Crippen molar-refractivity contribution in [3.05, 3.63) is 100 Å². The number of carbonyl (C=O) groups is 1. The molecule has 1 amide bonds. The molecule has 0 aromatic heterocycles. The van der Waals surface area contributed by atoms with Crippen LogP contribution in [0.15, 0.2) is 78.9 Å². The summed E-state index contributed by atoms with van der Waals surface area (Å²) in [5.74, 6) is -0.286. The molecule has 2 unspecified atom stereocenters. The average Bonchev–Trinajstić information content (AvgIpc) is 3.15. The Hall–Kier alpha value is -2.42. The van der Waals surface area contributed by atoms with Crippen LogP contribution in [0.2, 0.25) is 10.0 Å². The fourth-order valence-electron chi connectivity index (χ4n) is 4.30. The van der Waals surface area contributed by atoms with Crippen LogP contribution in [-0.2, 0) is 27.7 Å². The van der Waals surface area contributed by atoms with Crippen LogP contribution in [0.3, 0.4) is 0 Å². The molecule has 2 N–H and O–H groups in total. The van der Waals surface area contributed by atoms with Gasteiger partial charge in [0.15, 0.2) is 9.84 Å². The predicted molar refractivity (Wildman–Crippen MR) is 141 cm³/mol. The summed E-state index contributed by atoms with van der Waals surface area (Å²) < 4.78 is 25.4. The highest BCUT2D eigenvalue weighted by Gasteiger charge is 2.41. The quantitative estimate of drug-likeness (QED) is 0.428. The van der Waals surface area contributed by atoms with E-state index in [0.717, 1.165) is 11.1 Å². The van der Waals surface area contributed by atoms with E-state index < -0.39 is 9.84 Å². The number of rotatable bonds is 9. The molecule has 184 valence electrons.